The molecular weight excluding hydrogens is 264 g/mol. The Labute approximate surface area is 117 Å². The number of thioether (sulfide) groups is 1. The first-order chi connectivity index (χ1) is 8.81. The first kappa shape index (κ1) is 13.9. The summed E-state index contributed by atoms with van der Waals surface area (Å²) >= 11 is 3.63. The Bertz CT molecular complexity index is 380. The van der Waals surface area contributed by atoms with Crippen molar-refractivity contribution in [2.75, 3.05) is 25.4 Å². The molecule has 2 N–H and O–H groups in total. The van der Waals surface area contributed by atoms with E-state index in [4.69, 9.17) is 0 Å². The average molecular weight is 284 g/mol. The quantitative estimate of drug-likeness (QED) is 0.787. The number of carbonyl (C=O) groups is 1. The summed E-state index contributed by atoms with van der Waals surface area (Å²) < 4.78 is 0. The Morgan fingerprint density at radius 2 is 2.33 bits per heavy atom. The van der Waals surface area contributed by atoms with Crippen LogP contribution >= 0.6 is 23.1 Å². The second-order valence-corrected chi connectivity index (χ2v) is 6.57. The van der Waals surface area contributed by atoms with E-state index in [9.17, 15) is 4.79 Å². The first-order valence-corrected chi connectivity index (χ1v) is 8.46. The number of carbonyl (C=O) groups excluding carboxylic acids is 1. The SMILES string of the molecule is CCNCCCNC(=O)c1cc2c(s1)CCSC2. The molecule has 18 heavy (non-hydrogen) atoms. The van der Waals surface area contributed by atoms with Crippen molar-refractivity contribution < 1.29 is 4.79 Å². The molecule has 0 bridgehead atoms. The van der Waals surface area contributed by atoms with Crippen molar-refractivity contribution in [3.63, 3.8) is 0 Å². The van der Waals surface area contributed by atoms with Gasteiger partial charge in [-0.3, -0.25) is 4.79 Å². The first-order valence-electron chi connectivity index (χ1n) is 6.49. The van der Waals surface area contributed by atoms with E-state index in [0.717, 1.165) is 43.1 Å². The Balaban J connectivity index is 1.80. The Hall–Kier alpha value is -0.520. The molecule has 0 saturated carbocycles. The van der Waals surface area contributed by atoms with Crippen molar-refractivity contribution in [3.05, 3.63) is 21.4 Å². The van der Waals surface area contributed by atoms with Crippen molar-refractivity contribution in [1.82, 2.24) is 10.6 Å². The molecule has 1 aliphatic rings. The monoisotopic (exact) mass is 284 g/mol. The summed E-state index contributed by atoms with van der Waals surface area (Å²) in [6.07, 6.45) is 2.11. The van der Waals surface area contributed by atoms with E-state index in [-0.39, 0.29) is 5.91 Å². The highest BCUT2D eigenvalue weighted by molar-refractivity contribution is 7.98. The maximum absolute atomic E-state index is 12.0. The summed E-state index contributed by atoms with van der Waals surface area (Å²) in [5, 5.41) is 6.24. The van der Waals surface area contributed by atoms with Crippen molar-refractivity contribution in [2.45, 2.75) is 25.5 Å². The maximum Gasteiger partial charge on any atom is 0.261 e. The van der Waals surface area contributed by atoms with E-state index in [1.165, 1.54) is 16.2 Å². The number of aryl methyl sites for hydroxylation is 1. The van der Waals surface area contributed by atoms with Crippen molar-refractivity contribution in [1.29, 1.82) is 0 Å². The molecule has 2 rings (SSSR count). The van der Waals surface area contributed by atoms with Crippen LogP contribution in [0.1, 0.15) is 33.5 Å². The van der Waals surface area contributed by atoms with Crippen LogP contribution in [0.2, 0.25) is 0 Å². The molecule has 1 aromatic heterocycles. The third kappa shape index (κ3) is 3.73. The van der Waals surface area contributed by atoms with Crippen LogP contribution in [0.25, 0.3) is 0 Å². The summed E-state index contributed by atoms with van der Waals surface area (Å²) in [5.41, 5.74) is 1.37. The molecular formula is C13H20N2OS2. The molecule has 0 spiro atoms. The fraction of sp³-hybridized carbons (Fsp3) is 0.615. The predicted molar refractivity (Wildman–Crippen MR) is 79.7 cm³/mol. The fourth-order valence-electron chi connectivity index (χ4n) is 1.94. The molecule has 100 valence electrons. The largest absolute Gasteiger partial charge is 0.351 e. The van der Waals surface area contributed by atoms with Gasteiger partial charge < -0.3 is 10.6 Å². The summed E-state index contributed by atoms with van der Waals surface area (Å²) in [4.78, 5) is 14.3. The lowest BCUT2D eigenvalue weighted by Gasteiger charge is -2.08. The zero-order valence-corrected chi connectivity index (χ0v) is 12.4. The third-order valence-electron chi connectivity index (χ3n) is 2.92. The van der Waals surface area contributed by atoms with Gasteiger partial charge in [-0.25, -0.2) is 0 Å². The molecule has 0 aliphatic carbocycles. The summed E-state index contributed by atoms with van der Waals surface area (Å²) in [6, 6.07) is 2.08. The molecule has 0 radical (unpaired) electrons. The van der Waals surface area contributed by atoms with Crippen LogP contribution in [-0.4, -0.2) is 31.3 Å². The van der Waals surface area contributed by atoms with Gasteiger partial charge in [0.15, 0.2) is 0 Å². The van der Waals surface area contributed by atoms with Crippen molar-refractivity contribution >= 4 is 29.0 Å². The summed E-state index contributed by atoms with van der Waals surface area (Å²) in [5.74, 6) is 2.35. The smallest absolute Gasteiger partial charge is 0.261 e. The lowest BCUT2D eigenvalue weighted by molar-refractivity contribution is 0.0957. The minimum Gasteiger partial charge on any atom is -0.351 e. The van der Waals surface area contributed by atoms with Gasteiger partial charge in [-0.05, 0) is 43.3 Å². The molecule has 1 aromatic rings. The molecule has 3 nitrogen and oxygen atoms in total. The highest BCUT2D eigenvalue weighted by Gasteiger charge is 2.16. The topological polar surface area (TPSA) is 41.1 Å². The van der Waals surface area contributed by atoms with Crippen LogP contribution in [-0.2, 0) is 12.2 Å². The number of hydrogen-bond donors (Lipinski definition) is 2. The maximum atomic E-state index is 12.0. The van der Waals surface area contributed by atoms with Gasteiger partial charge in [-0.2, -0.15) is 11.8 Å². The van der Waals surface area contributed by atoms with E-state index >= 15 is 0 Å². The van der Waals surface area contributed by atoms with E-state index in [1.807, 2.05) is 11.8 Å². The average Bonchev–Trinajstić information content (AvgIpc) is 2.82. The second kappa shape index (κ2) is 7.16. The van der Waals surface area contributed by atoms with Gasteiger partial charge in [0.2, 0.25) is 0 Å². The molecule has 1 amide bonds. The van der Waals surface area contributed by atoms with Crippen LogP contribution in [0.3, 0.4) is 0 Å². The minimum absolute atomic E-state index is 0.0934. The lowest BCUT2D eigenvalue weighted by atomic mass is 10.2. The number of amides is 1. The van der Waals surface area contributed by atoms with Gasteiger partial charge in [-0.15, -0.1) is 11.3 Å². The normalized spacial score (nSPS) is 14.3. The van der Waals surface area contributed by atoms with Gasteiger partial charge in [0.05, 0.1) is 4.88 Å². The van der Waals surface area contributed by atoms with Crippen LogP contribution < -0.4 is 10.6 Å². The van der Waals surface area contributed by atoms with Gasteiger partial charge in [-0.1, -0.05) is 6.92 Å². The lowest BCUT2D eigenvalue weighted by Crippen LogP contribution is -2.26. The number of rotatable bonds is 6. The van der Waals surface area contributed by atoms with Crippen molar-refractivity contribution in [2.24, 2.45) is 0 Å². The van der Waals surface area contributed by atoms with Crippen molar-refractivity contribution in [3.8, 4) is 0 Å². The summed E-state index contributed by atoms with van der Waals surface area (Å²) in [7, 11) is 0. The molecule has 0 aromatic carbocycles. The van der Waals surface area contributed by atoms with Gasteiger partial charge >= 0.3 is 0 Å². The molecule has 0 fully saturated rings. The van der Waals surface area contributed by atoms with E-state index < -0.39 is 0 Å². The predicted octanol–water partition coefficient (Wildman–Crippen LogP) is 2.27. The van der Waals surface area contributed by atoms with E-state index in [1.54, 1.807) is 11.3 Å². The molecule has 0 saturated heterocycles. The number of fused-ring (bicyclic) bond motifs is 1. The van der Waals surface area contributed by atoms with Crippen LogP contribution in [0.15, 0.2) is 6.07 Å². The molecule has 2 heterocycles. The van der Waals surface area contributed by atoms with Gasteiger partial charge in [0, 0.05) is 17.2 Å². The number of nitrogens with one attached hydrogen (secondary N) is 2. The fourth-order valence-corrected chi connectivity index (χ4v) is 4.23. The van der Waals surface area contributed by atoms with Gasteiger partial charge in [0.1, 0.15) is 0 Å². The highest BCUT2D eigenvalue weighted by atomic mass is 32.2. The molecule has 5 heteroatoms. The Kier molecular flexibility index (Phi) is 5.53. The molecule has 0 atom stereocenters. The Morgan fingerprint density at radius 1 is 1.44 bits per heavy atom. The summed E-state index contributed by atoms with van der Waals surface area (Å²) in [6.45, 7) is 4.80. The minimum atomic E-state index is 0.0934. The highest BCUT2D eigenvalue weighted by Crippen LogP contribution is 2.31. The Morgan fingerprint density at radius 3 is 3.11 bits per heavy atom. The second-order valence-electron chi connectivity index (χ2n) is 4.32. The van der Waals surface area contributed by atoms with Crippen LogP contribution in [0, 0.1) is 0 Å². The van der Waals surface area contributed by atoms with Crippen LogP contribution in [0.5, 0.6) is 0 Å². The zero-order valence-electron chi connectivity index (χ0n) is 10.8. The third-order valence-corrected chi connectivity index (χ3v) is 5.16. The number of hydrogen-bond acceptors (Lipinski definition) is 4. The molecule has 1 aliphatic heterocycles. The number of thiophene rings is 1. The van der Waals surface area contributed by atoms with Gasteiger partial charge in [0.25, 0.3) is 5.91 Å². The molecule has 0 unspecified atom stereocenters. The zero-order chi connectivity index (χ0) is 12.8. The van der Waals surface area contributed by atoms with Crippen LogP contribution in [0.4, 0.5) is 0 Å². The van der Waals surface area contributed by atoms with E-state index in [0.29, 0.717) is 0 Å². The van der Waals surface area contributed by atoms with E-state index in [2.05, 4.69) is 23.6 Å². The standard InChI is InChI=1S/C13H20N2OS2/c1-2-14-5-3-6-15-13(16)12-8-10-9-17-7-4-11(10)18-12/h8,14H,2-7,9H2,1H3,(H,15,16).